The van der Waals surface area contributed by atoms with Gasteiger partial charge in [-0.3, -0.25) is 19.5 Å². The Kier molecular flexibility index (Phi) is 4.16. The SMILES string of the molecule is O=C1CC(C(=O)Nc2cccc(C(=O)O)c2)n2c(nnc2-c2cccs2)N1. The van der Waals surface area contributed by atoms with Crippen molar-refractivity contribution < 1.29 is 19.5 Å². The number of nitrogens with zero attached hydrogens (tertiary/aromatic N) is 3. The molecule has 3 N–H and O–H groups in total. The average molecular weight is 383 g/mol. The first kappa shape index (κ1) is 16.9. The van der Waals surface area contributed by atoms with E-state index in [4.69, 9.17) is 5.11 Å². The number of carbonyl (C=O) groups is 3. The molecule has 1 aromatic carbocycles. The Hall–Kier alpha value is -3.53. The molecule has 1 aliphatic rings. The van der Waals surface area contributed by atoms with Crippen LogP contribution in [0.2, 0.25) is 0 Å². The zero-order valence-electron chi connectivity index (χ0n) is 13.7. The average Bonchev–Trinajstić information content (AvgIpc) is 3.30. The third-order valence-electron chi connectivity index (χ3n) is 4.06. The van der Waals surface area contributed by atoms with Crippen LogP contribution in [-0.4, -0.2) is 37.7 Å². The Morgan fingerprint density at radius 1 is 1.26 bits per heavy atom. The molecule has 0 saturated heterocycles. The smallest absolute Gasteiger partial charge is 0.335 e. The minimum Gasteiger partial charge on any atom is -0.478 e. The summed E-state index contributed by atoms with van der Waals surface area (Å²) in [6.45, 7) is 0. The number of hydrogen-bond donors (Lipinski definition) is 3. The van der Waals surface area contributed by atoms with Crippen LogP contribution in [-0.2, 0) is 9.59 Å². The first-order valence-electron chi connectivity index (χ1n) is 7.96. The molecule has 0 fully saturated rings. The molecule has 136 valence electrons. The van der Waals surface area contributed by atoms with Crippen molar-refractivity contribution in [3.63, 3.8) is 0 Å². The van der Waals surface area contributed by atoms with Crippen molar-refractivity contribution in [1.82, 2.24) is 14.8 Å². The molecule has 3 aromatic rings. The second kappa shape index (κ2) is 6.65. The number of aromatic nitrogens is 3. The van der Waals surface area contributed by atoms with E-state index in [2.05, 4.69) is 20.8 Å². The van der Waals surface area contributed by atoms with Gasteiger partial charge in [-0.05, 0) is 29.6 Å². The topological polar surface area (TPSA) is 126 Å². The lowest BCUT2D eigenvalue weighted by Gasteiger charge is -2.24. The number of carbonyl (C=O) groups excluding carboxylic acids is 2. The van der Waals surface area contributed by atoms with Gasteiger partial charge >= 0.3 is 5.97 Å². The Morgan fingerprint density at radius 3 is 2.85 bits per heavy atom. The Bertz CT molecular complexity index is 1040. The fraction of sp³-hybridized carbons (Fsp3) is 0.118. The minimum atomic E-state index is -1.09. The molecule has 3 heterocycles. The van der Waals surface area contributed by atoms with Crippen LogP contribution in [0.3, 0.4) is 0 Å². The summed E-state index contributed by atoms with van der Waals surface area (Å²) in [6.07, 6.45) is -0.0755. The van der Waals surface area contributed by atoms with Crippen molar-refractivity contribution in [2.45, 2.75) is 12.5 Å². The van der Waals surface area contributed by atoms with Crippen LogP contribution in [0, 0.1) is 0 Å². The van der Waals surface area contributed by atoms with E-state index in [1.54, 1.807) is 10.6 Å². The molecule has 10 heteroatoms. The number of thiophene rings is 1. The van der Waals surface area contributed by atoms with Crippen molar-refractivity contribution >= 4 is 40.8 Å². The van der Waals surface area contributed by atoms with E-state index in [1.165, 1.54) is 29.5 Å². The number of fused-ring (bicyclic) bond motifs is 1. The van der Waals surface area contributed by atoms with E-state index >= 15 is 0 Å². The number of carboxylic acid groups (broad SMARTS) is 1. The predicted molar refractivity (Wildman–Crippen MR) is 97.6 cm³/mol. The fourth-order valence-corrected chi connectivity index (χ4v) is 3.56. The van der Waals surface area contributed by atoms with Gasteiger partial charge in [-0.1, -0.05) is 12.1 Å². The second-order valence-corrected chi connectivity index (χ2v) is 6.79. The number of aromatic carboxylic acids is 1. The highest BCUT2D eigenvalue weighted by atomic mass is 32.1. The number of amides is 2. The van der Waals surface area contributed by atoms with Crippen molar-refractivity contribution in [1.29, 1.82) is 0 Å². The van der Waals surface area contributed by atoms with Gasteiger partial charge in [0.15, 0.2) is 5.82 Å². The Morgan fingerprint density at radius 2 is 2.11 bits per heavy atom. The number of nitrogens with one attached hydrogen (secondary N) is 2. The van der Waals surface area contributed by atoms with Crippen LogP contribution in [0.5, 0.6) is 0 Å². The standard InChI is InChI=1S/C17H13N5O4S/c23-13-8-11(15(24)18-10-4-1-3-9(7-10)16(25)26)22-14(12-5-2-6-27-12)20-21-17(22)19-13/h1-7,11H,8H2,(H,18,24)(H,25,26)(H,19,21,23). The molecule has 0 radical (unpaired) electrons. The van der Waals surface area contributed by atoms with Gasteiger partial charge in [-0.15, -0.1) is 21.5 Å². The maximum absolute atomic E-state index is 12.9. The molecule has 1 aliphatic heterocycles. The van der Waals surface area contributed by atoms with Crippen molar-refractivity contribution in [2.24, 2.45) is 0 Å². The van der Waals surface area contributed by atoms with Gasteiger partial charge in [-0.2, -0.15) is 0 Å². The zero-order valence-corrected chi connectivity index (χ0v) is 14.6. The lowest BCUT2D eigenvalue weighted by molar-refractivity contribution is -0.125. The molecular formula is C17H13N5O4S. The maximum Gasteiger partial charge on any atom is 0.335 e. The molecule has 1 atom stereocenters. The second-order valence-electron chi connectivity index (χ2n) is 5.84. The van der Waals surface area contributed by atoms with Gasteiger partial charge in [0, 0.05) is 5.69 Å². The van der Waals surface area contributed by atoms with Crippen molar-refractivity contribution in [3.8, 4) is 10.7 Å². The van der Waals surface area contributed by atoms with E-state index in [0.29, 0.717) is 11.5 Å². The summed E-state index contributed by atoms with van der Waals surface area (Å²) in [7, 11) is 0. The molecule has 0 aliphatic carbocycles. The van der Waals surface area contributed by atoms with Crippen LogP contribution in [0.25, 0.3) is 10.7 Å². The molecule has 0 spiro atoms. The maximum atomic E-state index is 12.9. The number of anilines is 2. The lowest BCUT2D eigenvalue weighted by atomic mass is 10.1. The molecule has 2 aromatic heterocycles. The van der Waals surface area contributed by atoms with Gasteiger partial charge < -0.3 is 10.4 Å². The molecule has 2 amide bonds. The van der Waals surface area contributed by atoms with Gasteiger partial charge in [-0.25, -0.2) is 4.79 Å². The van der Waals surface area contributed by atoms with E-state index in [1.807, 2.05) is 17.5 Å². The van der Waals surface area contributed by atoms with Gasteiger partial charge in [0.05, 0.1) is 16.9 Å². The first-order valence-corrected chi connectivity index (χ1v) is 8.84. The molecule has 0 bridgehead atoms. The highest BCUT2D eigenvalue weighted by Crippen LogP contribution is 2.33. The summed E-state index contributed by atoms with van der Waals surface area (Å²) in [6, 6.07) is 8.76. The van der Waals surface area contributed by atoms with Gasteiger partial charge in [0.25, 0.3) is 0 Å². The number of hydrogen-bond acceptors (Lipinski definition) is 6. The van der Waals surface area contributed by atoms with E-state index < -0.39 is 17.9 Å². The van der Waals surface area contributed by atoms with E-state index in [-0.39, 0.29) is 23.8 Å². The van der Waals surface area contributed by atoms with Crippen LogP contribution in [0.4, 0.5) is 11.6 Å². The summed E-state index contributed by atoms with van der Waals surface area (Å²) < 4.78 is 1.59. The third-order valence-corrected chi connectivity index (χ3v) is 4.92. The largest absolute Gasteiger partial charge is 0.478 e. The summed E-state index contributed by atoms with van der Waals surface area (Å²) in [5, 5.41) is 24.3. The molecule has 27 heavy (non-hydrogen) atoms. The van der Waals surface area contributed by atoms with Crippen LogP contribution < -0.4 is 10.6 Å². The number of rotatable bonds is 4. The molecule has 9 nitrogen and oxygen atoms in total. The molecular weight excluding hydrogens is 370 g/mol. The molecule has 1 unspecified atom stereocenters. The zero-order chi connectivity index (χ0) is 19.0. The highest BCUT2D eigenvalue weighted by molar-refractivity contribution is 7.13. The summed E-state index contributed by atoms with van der Waals surface area (Å²) in [4.78, 5) is 36.8. The fourth-order valence-electron chi connectivity index (χ4n) is 2.85. The van der Waals surface area contributed by atoms with Crippen molar-refractivity contribution in [2.75, 3.05) is 10.6 Å². The monoisotopic (exact) mass is 383 g/mol. The van der Waals surface area contributed by atoms with Gasteiger partial charge in [0.2, 0.25) is 17.8 Å². The van der Waals surface area contributed by atoms with Crippen LogP contribution in [0.1, 0.15) is 22.8 Å². The quantitative estimate of drug-likeness (QED) is 0.634. The minimum absolute atomic E-state index is 0.0541. The molecule has 4 rings (SSSR count). The Labute approximate surface area is 156 Å². The van der Waals surface area contributed by atoms with Gasteiger partial charge in [0.1, 0.15) is 6.04 Å². The van der Waals surface area contributed by atoms with Crippen LogP contribution in [0.15, 0.2) is 41.8 Å². The summed E-state index contributed by atoms with van der Waals surface area (Å²) >= 11 is 1.44. The van der Waals surface area contributed by atoms with Crippen molar-refractivity contribution in [3.05, 3.63) is 47.3 Å². The summed E-state index contributed by atoms with van der Waals surface area (Å²) in [5.74, 6) is -1.20. The van der Waals surface area contributed by atoms with E-state index in [0.717, 1.165) is 4.88 Å². The predicted octanol–water partition coefficient (Wildman–Crippen LogP) is 2.23. The number of benzene rings is 1. The van der Waals surface area contributed by atoms with Crippen LogP contribution >= 0.6 is 11.3 Å². The first-order chi connectivity index (χ1) is 13.0. The molecule has 0 saturated carbocycles. The normalized spacial score (nSPS) is 15.7. The number of carboxylic acids is 1. The Balaban J connectivity index is 1.67. The van der Waals surface area contributed by atoms with E-state index in [9.17, 15) is 14.4 Å². The lowest BCUT2D eigenvalue weighted by Crippen LogP contribution is -2.35. The highest BCUT2D eigenvalue weighted by Gasteiger charge is 2.34. The summed E-state index contributed by atoms with van der Waals surface area (Å²) in [5.41, 5.74) is 0.386. The third kappa shape index (κ3) is 3.17.